The third-order valence-electron chi connectivity index (χ3n) is 2.98. The number of thiazole rings is 1. The van der Waals surface area contributed by atoms with Crippen molar-refractivity contribution in [2.24, 2.45) is 11.7 Å². The average molecular weight is 234 g/mol. The van der Waals surface area contributed by atoms with Crippen LogP contribution < -0.4 is 5.73 Å². The summed E-state index contributed by atoms with van der Waals surface area (Å²) >= 11 is 1.72. The van der Waals surface area contributed by atoms with Gasteiger partial charge in [-0.1, -0.05) is 32.4 Å². The minimum absolute atomic E-state index is 0.0901. The highest BCUT2D eigenvalue weighted by Gasteiger charge is 2.14. The normalized spacial score (nSPS) is 15.2. The number of rotatable bonds is 4. The van der Waals surface area contributed by atoms with Crippen LogP contribution >= 0.6 is 11.3 Å². The molecule has 1 aromatic carbocycles. The summed E-state index contributed by atoms with van der Waals surface area (Å²) in [4.78, 5) is 4.59. The molecule has 0 radical (unpaired) electrons. The van der Waals surface area contributed by atoms with Gasteiger partial charge in [-0.15, -0.1) is 11.3 Å². The summed E-state index contributed by atoms with van der Waals surface area (Å²) in [6.07, 6.45) is 2.20. The molecule has 2 nitrogen and oxygen atoms in total. The van der Waals surface area contributed by atoms with Gasteiger partial charge in [0.05, 0.1) is 16.3 Å². The van der Waals surface area contributed by atoms with E-state index in [-0.39, 0.29) is 6.04 Å². The monoisotopic (exact) mass is 234 g/mol. The number of nitrogens with zero attached hydrogens (tertiary/aromatic N) is 1. The van der Waals surface area contributed by atoms with Crippen LogP contribution in [-0.2, 0) is 0 Å². The van der Waals surface area contributed by atoms with E-state index < -0.39 is 0 Å². The quantitative estimate of drug-likeness (QED) is 0.875. The third kappa shape index (κ3) is 2.42. The van der Waals surface area contributed by atoms with Crippen LogP contribution in [0.3, 0.4) is 0 Å². The van der Waals surface area contributed by atoms with Gasteiger partial charge in [0.1, 0.15) is 5.01 Å². The molecule has 2 aromatic rings. The smallest absolute Gasteiger partial charge is 0.111 e. The molecule has 0 saturated carbocycles. The first kappa shape index (κ1) is 11.6. The van der Waals surface area contributed by atoms with E-state index >= 15 is 0 Å². The molecule has 0 aliphatic rings. The molecular weight excluding hydrogens is 216 g/mol. The molecule has 0 amide bonds. The van der Waals surface area contributed by atoms with Gasteiger partial charge in [0, 0.05) is 0 Å². The lowest BCUT2D eigenvalue weighted by Gasteiger charge is -2.12. The maximum absolute atomic E-state index is 6.18. The fourth-order valence-electron chi connectivity index (χ4n) is 1.75. The Morgan fingerprint density at radius 1 is 1.38 bits per heavy atom. The number of hydrogen-bond acceptors (Lipinski definition) is 3. The topological polar surface area (TPSA) is 38.9 Å². The second-order valence-corrected chi connectivity index (χ2v) is 5.44. The second kappa shape index (κ2) is 4.93. The van der Waals surface area contributed by atoms with E-state index in [1.807, 2.05) is 18.2 Å². The number of fused-ring (bicyclic) bond motifs is 1. The largest absolute Gasteiger partial charge is 0.322 e. The Hall–Kier alpha value is -0.930. The first-order chi connectivity index (χ1) is 7.70. The zero-order valence-electron chi connectivity index (χ0n) is 9.81. The zero-order chi connectivity index (χ0) is 11.5. The first-order valence-corrected chi connectivity index (χ1v) is 6.63. The molecule has 0 spiro atoms. The summed E-state index contributed by atoms with van der Waals surface area (Å²) in [6, 6.07) is 8.31. The third-order valence-corrected chi connectivity index (χ3v) is 4.15. The molecule has 86 valence electrons. The number of benzene rings is 1. The summed E-state index contributed by atoms with van der Waals surface area (Å²) in [5.74, 6) is 0.669. The van der Waals surface area contributed by atoms with Crippen molar-refractivity contribution >= 4 is 21.6 Å². The lowest BCUT2D eigenvalue weighted by molar-refractivity contribution is 0.460. The van der Waals surface area contributed by atoms with Crippen molar-refractivity contribution in [3.05, 3.63) is 29.3 Å². The molecule has 16 heavy (non-hydrogen) atoms. The van der Waals surface area contributed by atoms with Gasteiger partial charge in [-0.25, -0.2) is 4.98 Å². The van der Waals surface area contributed by atoms with Gasteiger partial charge < -0.3 is 5.73 Å². The fraction of sp³-hybridized carbons (Fsp3) is 0.462. The van der Waals surface area contributed by atoms with Gasteiger partial charge in [0.2, 0.25) is 0 Å². The predicted molar refractivity (Wildman–Crippen MR) is 70.6 cm³/mol. The number of hydrogen-bond donors (Lipinski definition) is 1. The van der Waals surface area contributed by atoms with Crippen molar-refractivity contribution in [3.63, 3.8) is 0 Å². The van der Waals surface area contributed by atoms with Crippen LogP contribution in [-0.4, -0.2) is 4.98 Å². The van der Waals surface area contributed by atoms with Crippen molar-refractivity contribution in [2.45, 2.75) is 32.7 Å². The highest BCUT2D eigenvalue weighted by Crippen LogP contribution is 2.28. The molecule has 1 heterocycles. The SMILES string of the molecule is CCC(C)CC(N)c1nc2ccccc2s1. The van der Waals surface area contributed by atoms with Crippen molar-refractivity contribution in [2.75, 3.05) is 0 Å². The van der Waals surface area contributed by atoms with E-state index in [4.69, 9.17) is 5.73 Å². The van der Waals surface area contributed by atoms with Crippen LogP contribution in [0.2, 0.25) is 0 Å². The van der Waals surface area contributed by atoms with E-state index in [2.05, 4.69) is 24.9 Å². The Labute approximate surface area is 101 Å². The van der Waals surface area contributed by atoms with Crippen LogP contribution in [0.15, 0.2) is 24.3 Å². The minimum Gasteiger partial charge on any atom is -0.322 e. The number of para-hydroxylation sites is 1. The molecule has 1 aromatic heterocycles. The second-order valence-electron chi connectivity index (χ2n) is 4.38. The average Bonchev–Trinajstić information content (AvgIpc) is 2.72. The van der Waals surface area contributed by atoms with E-state index in [0.717, 1.165) is 16.9 Å². The predicted octanol–water partition coefficient (Wildman–Crippen LogP) is 3.73. The van der Waals surface area contributed by atoms with Gasteiger partial charge in [-0.2, -0.15) is 0 Å². The summed E-state index contributed by atoms with van der Waals surface area (Å²) in [5.41, 5.74) is 7.25. The Morgan fingerprint density at radius 2 is 2.12 bits per heavy atom. The van der Waals surface area contributed by atoms with Gasteiger partial charge in [0.15, 0.2) is 0 Å². The van der Waals surface area contributed by atoms with Gasteiger partial charge in [-0.05, 0) is 24.5 Å². The Morgan fingerprint density at radius 3 is 2.81 bits per heavy atom. The summed E-state index contributed by atoms with van der Waals surface area (Å²) in [7, 11) is 0. The fourth-order valence-corrected chi connectivity index (χ4v) is 2.73. The number of nitrogens with two attached hydrogens (primary N) is 1. The van der Waals surface area contributed by atoms with Gasteiger partial charge in [0.25, 0.3) is 0 Å². The molecule has 0 aliphatic carbocycles. The first-order valence-electron chi connectivity index (χ1n) is 5.81. The lowest BCUT2D eigenvalue weighted by Crippen LogP contribution is -2.13. The van der Waals surface area contributed by atoms with Gasteiger partial charge >= 0.3 is 0 Å². The summed E-state index contributed by atoms with van der Waals surface area (Å²) in [5, 5.41) is 1.07. The Bertz CT molecular complexity index is 431. The molecule has 2 unspecified atom stereocenters. The standard InChI is InChI=1S/C13H18N2S/c1-3-9(2)8-10(14)13-15-11-6-4-5-7-12(11)16-13/h4-7,9-10H,3,8,14H2,1-2H3. The Kier molecular flexibility index (Phi) is 3.56. The van der Waals surface area contributed by atoms with Crippen LogP contribution in [0.5, 0.6) is 0 Å². The highest BCUT2D eigenvalue weighted by molar-refractivity contribution is 7.18. The molecule has 2 N–H and O–H groups in total. The molecule has 0 fully saturated rings. The van der Waals surface area contributed by atoms with Crippen molar-refractivity contribution in [1.29, 1.82) is 0 Å². The van der Waals surface area contributed by atoms with E-state index in [1.165, 1.54) is 11.1 Å². The zero-order valence-corrected chi connectivity index (χ0v) is 10.6. The van der Waals surface area contributed by atoms with Crippen LogP contribution in [0.4, 0.5) is 0 Å². The van der Waals surface area contributed by atoms with Crippen LogP contribution in [0.1, 0.15) is 37.7 Å². The molecule has 3 heteroatoms. The maximum Gasteiger partial charge on any atom is 0.111 e. The molecule has 0 aliphatic heterocycles. The Balaban J connectivity index is 2.19. The molecule has 2 atom stereocenters. The minimum atomic E-state index is 0.0901. The summed E-state index contributed by atoms with van der Waals surface area (Å²) < 4.78 is 1.23. The molecule has 2 rings (SSSR count). The highest BCUT2D eigenvalue weighted by atomic mass is 32.1. The van der Waals surface area contributed by atoms with Crippen molar-refractivity contribution in [3.8, 4) is 0 Å². The molecule has 0 saturated heterocycles. The van der Waals surface area contributed by atoms with Crippen LogP contribution in [0.25, 0.3) is 10.2 Å². The van der Waals surface area contributed by atoms with Gasteiger partial charge in [-0.3, -0.25) is 0 Å². The number of aromatic nitrogens is 1. The molecular formula is C13H18N2S. The maximum atomic E-state index is 6.18. The lowest BCUT2D eigenvalue weighted by atomic mass is 10.0. The summed E-state index contributed by atoms with van der Waals surface area (Å²) in [6.45, 7) is 4.45. The van der Waals surface area contributed by atoms with Crippen LogP contribution in [0, 0.1) is 5.92 Å². The van der Waals surface area contributed by atoms with Crippen molar-refractivity contribution in [1.82, 2.24) is 4.98 Å². The molecule has 0 bridgehead atoms. The van der Waals surface area contributed by atoms with E-state index in [1.54, 1.807) is 11.3 Å². The van der Waals surface area contributed by atoms with Crippen molar-refractivity contribution < 1.29 is 0 Å². The van der Waals surface area contributed by atoms with E-state index in [9.17, 15) is 0 Å². The van der Waals surface area contributed by atoms with E-state index in [0.29, 0.717) is 5.92 Å².